The number of ether oxygens (including phenoxy) is 4. The SMILES string of the molecule is COc1ccc2cc1OCCCNC(=O)CCc1cccc(c1)Oc1cc3c(cc1OC)C2N(C(=O)c1cc(=O)n(C)c(=O)n1C)CC3.O=CO. The normalized spacial score (nSPS) is 15.6. The van der Waals surface area contributed by atoms with Crippen molar-refractivity contribution in [1.29, 1.82) is 0 Å². The van der Waals surface area contributed by atoms with Crippen LogP contribution in [0.1, 0.15) is 51.6 Å². The molecule has 1 unspecified atom stereocenters. The van der Waals surface area contributed by atoms with E-state index in [1.807, 2.05) is 48.5 Å². The van der Waals surface area contributed by atoms with Crippen LogP contribution >= 0.6 is 0 Å². The number of fused-ring (bicyclic) bond motifs is 8. The zero-order chi connectivity index (χ0) is 36.7. The van der Waals surface area contributed by atoms with Gasteiger partial charge in [-0.2, -0.15) is 0 Å². The average Bonchev–Trinajstić information content (AvgIpc) is 3.13. The topological polar surface area (TPSA) is 168 Å². The van der Waals surface area contributed by atoms with Crippen molar-refractivity contribution in [2.45, 2.75) is 31.7 Å². The van der Waals surface area contributed by atoms with E-state index in [9.17, 15) is 19.2 Å². The van der Waals surface area contributed by atoms with Crippen LogP contribution in [0.5, 0.6) is 28.7 Å². The lowest BCUT2D eigenvalue weighted by Crippen LogP contribution is -2.45. The van der Waals surface area contributed by atoms with Crippen molar-refractivity contribution >= 4 is 18.3 Å². The van der Waals surface area contributed by atoms with E-state index in [1.165, 1.54) is 24.7 Å². The Morgan fingerprint density at radius 1 is 0.922 bits per heavy atom. The molecule has 3 aliphatic heterocycles. The monoisotopic (exact) mass is 700 g/mol. The van der Waals surface area contributed by atoms with Crippen LogP contribution in [0.2, 0.25) is 0 Å². The second-order valence-corrected chi connectivity index (χ2v) is 11.9. The van der Waals surface area contributed by atoms with Crippen LogP contribution in [0.25, 0.3) is 0 Å². The van der Waals surface area contributed by atoms with Gasteiger partial charge in [0.25, 0.3) is 17.9 Å². The Bertz CT molecular complexity index is 2050. The smallest absolute Gasteiger partial charge is 0.331 e. The molecule has 0 aliphatic carbocycles. The summed E-state index contributed by atoms with van der Waals surface area (Å²) in [7, 11) is 5.96. The van der Waals surface area contributed by atoms with Crippen molar-refractivity contribution in [2.75, 3.05) is 33.9 Å². The first-order valence-corrected chi connectivity index (χ1v) is 16.3. The lowest BCUT2D eigenvalue weighted by atomic mass is 9.87. The van der Waals surface area contributed by atoms with Gasteiger partial charge in [-0.25, -0.2) is 4.79 Å². The minimum Gasteiger partial charge on any atom is -0.493 e. The molecular weight excluding hydrogens is 660 g/mol. The zero-order valence-electron chi connectivity index (χ0n) is 28.8. The molecule has 268 valence electrons. The number of aromatic nitrogens is 2. The summed E-state index contributed by atoms with van der Waals surface area (Å²) in [5, 5.41) is 9.84. The zero-order valence-corrected chi connectivity index (χ0v) is 28.8. The number of hydrogen-bond donors (Lipinski definition) is 2. The predicted octanol–water partition coefficient (Wildman–Crippen LogP) is 3.21. The van der Waals surface area contributed by atoms with Gasteiger partial charge in [0.2, 0.25) is 5.91 Å². The van der Waals surface area contributed by atoms with Gasteiger partial charge in [-0.3, -0.25) is 28.3 Å². The van der Waals surface area contributed by atoms with Crippen LogP contribution in [0.15, 0.2) is 70.3 Å². The van der Waals surface area contributed by atoms with E-state index < -0.39 is 23.2 Å². The molecule has 1 aromatic heterocycles. The van der Waals surface area contributed by atoms with Gasteiger partial charge in [-0.05, 0) is 77.9 Å². The summed E-state index contributed by atoms with van der Waals surface area (Å²) in [6.07, 6.45) is 1.93. The van der Waals surface area contributed by atoms with E-state index in [0.29, 0.717) is 74.1 Å². The van der Waals surface area contributed by atoms with E-state index in [2.05, 4.69) is 5.32 Å². The molecule has 14 heteroatoms. The van der Waals surface area contributed by atoms with Gasteiger partial charge in [0.15, 0.2) is 23.0 Å². The number of nitrogens with zero attached hydrogens (tertiary/aromatic N) is 3. The number of amides is 2. The number of nitrogens with one attached hydrogen (secondary N) is 1. The second kappa shape index (κ2) is 16.1. The predicted molar refractivity (Wildman–Crippen MR) is 186 cm³/mol. The molecule has 2 N–H and O–H groups in total. The van der Waals surface area contributed by atoms with Crippen LogP contribution in [-0.4, -0.2) is 71.3 Å². The molecule has 0 saturated carbocycles. The fourth-order valence-electron chi connectivity index (χ4n) is 6.23. The standard InChI is InChI=1S/C36H38N4O8.CH2O2/c1-38-27(21-33(42)39(2)36(38)44)35(43)40-15-13-23-18-31-29(46-4)20-26(23)34(40)24-10-11-28(45-3)30(19-24)47-16-6-14-37-32(41)12-9-22-7-5-8-25(17-22)48-31;2-1-3/h5,7-8,10-11,17-21,34H,6,9,12-16H2,1-4H3,(H,37,41);1H,(H,2,3). The van der Waals surface area contributed by atoms with Crippen molar-refractivity contribution < 1.29 is 38.4 Å². The van der Waals surface area contributed by atoms with Crippen molar-refractivity contribution in [3.8, 4) is 28.7 Å². The third-order valence-corrected chi connectivity index (χ3v) is 8.83. The first kappa shape index (κ1) is 36.2. The molecule has 8 bridgehead atoms. The number of carbonyl (C=O) groups is 3. The first-order valence-electron chi connectivity index (χ1n) is 16.3. The van der Waals surface area contributed by atoms with E-state index >= 15 is 0 Å². The number of methoxy groups -OCH3 is 2. The summed E-state index contributed by atoms with van der Waals surface area (Å²) in [6, 6.07) is 17.4. The van der Waals surface area contributed by atoms with Crippen LogP contribution in [0.3, 0.4) is 0 Å². The van der Waals surface area contributed by atoms with Gasteiger partial charge in [-0.1, -0.05) is 18.2 Å². The highest BCUT2D eigenvalue weighted by Gasteiger charge is 2.36. The number of hydrogen-bond acceptors (Lipinski definition) is 9. The molecule has 51 heavy (non-hydrogen) atoms. The maximum absolute atomic E-state index is 14.3. The van der Waals surface area contributed by atoms with Crippen molar-refractivity contribution in [3.05, 3.63) is 109 Å². The van der Waals surface area contributed by atoms with Crippen molar-refractivity contribution in [2.24, 2.45) is 14.1 Å². The molecular formula is C37H40N4O10. The van der Waals surface area contributed by atoms with Crippen LogP contribution < -0.4 is 35.5 Å². The average molecular weight is 701 g/mol. The molecule has 4 aromatic rings. The van der Waals surface area contributed by atoms with Gasteiger partial charge in [0, 0.05) is 39.7 Å². The number of carboxylic acid groups (broad SMARTS) is 1. The fourth-order valence-corrected chi connectivity index (χ4v) is 6.23. The van der Waals surface area contributed by atoms with Gasteiger partial charge >= 0.3 is 5.69 Å². The largest absolute Gasteiger partial charge is 0.493 e. The summed E-state index contributed by atoms with van der Waals surface area (Å²) in [6.45, 7) is 0.804. The van der Waals surface area contributed by atoms with Gasteiger partial charge in [0.05, 0.1) is 26.9 Å². The lowest BCUT2D eigenvalue weighted by molar-refractivity contribution is -0.123. The molecule has 0 radical (unpaired) electrons. The van der Waals surface area contributed by atoms with Crippen molar-refractivity contribution in [1.82, 2.24) is 19.4 Å². The molecule has 4 heterocycles. The maximum Gasteiger partial charge on any atom is 0.331 e. The molecule has 7 rings (SSSR count). The Hall–Kier alpha value is -6.05. The molecule has 0 spiro atoms. The van der Waals surface area contributed by atoms with Gasteiger partial charge in [-0.15, -0.1) is 0 Å². The van der Waals surface area contributed by atoms with E-state index in [-0.39, 0.29) is 18.1 Å². The van der Waals surface area contributed by atoms with Crippen LogP contribution in [0.4, 0.5) is 0 Å². The number of aryl methyl sites for hydroxylation is 1. The van der Waals surface area contributed by atoms with Crippen molar-refractivity contribution in [3.63, 3.8) is 0 Å². The summed E-state index contributed by atoms with van der Waals surface area (Å²) >= 11 is 0. The Kier molecular flexibility index (Phi) is 11.4. The Morgan fingerprint density at radius 2 is 1.69 bits per heavy atom. The summed E-state index contributed by atoms with van der Waals surface area (Å²) in [4.78, 5) is 62.3. The van der Waals surface area contributed by atoms with E-state index in [0.717, 1.165) is 26.8 Å². The highest BCUT2D eigenvalue weighted by molar-refractivity contribution is 5.93. The summed E-state index contributed by atoms with van der Waals surface area (Å²) in [5.41, 5.74) is 2.24. The molecule has 3 aromatic carbocycles. The highest BCUT2D eigenvalue weighted by atomic mass is 16.5. The second-order valence-electron chi connectivity index (χ2n) is 11.9. The number of carbonyl (C=O) groups excluding carboxylic acids is 2. The Balaban J connectivity index is 0.00000162. The van der Waals surface area contributed by atoms with Crippen LogP contribution in [-0.2, 0) is 36.5 Å². The summed E-state index contributed by atoms with van der Waals surface area (Å²) < 4.78 is 26.1. The lowest BCUT2D eigenvalue weighted by Gasteiger charge is -2.38. The molecule has 3 aliphatic rings. The van der Waals surface area contributed by atoms with E-state index in [4.69, 9.17) is 28.8 Å². The van der Waals surface area contributed by atoms with Gasteiger partial charge in [0.1, 0.15) is 11.4 Å². The van der Waals surface area contributed by atoms with Gasteiger partial charge < -0.3 is 34.3 Å². The third kappa shape index (κ3) is 7.90. The minimum atomic E-state index is -0.648. The maximum atomic E-state index is 14.3. The molecule has 2 amide bonds. The summed E-state index contributed by atoms with van der Waals surface area (Å²) in [5.74, 6) is 2.03. The molecule has 14 nitrogen and oxygen atoms in total. The number of benzene rings is 3. The van der Waals surface area contributed by atoms with E-state index in [1.54, 1.807) is 25.2 Å². The third-order valence-electron chi connectivity index (χ3n) is 8.83. The molecule has 0 saturated heterocycles. The quantitative estimate of drug-likeness (QED) is 0.303. The number of rotatable bonds is 3. The molecule has 0 fully saturated rings. The Morgan fingerprint density at radius 3 is 2.43 bits per heavy atom. The van der Waals surface area contributed by atoms with Crippen LogP contribution in [0, 0.1) is 0 Å². The highest BCUT2D eigenvalue weighted by Crippen LogP contribution is 2.44. The fraction of sp³-hybridized carbons (Fsp3) is 0.324. The molecule has 1 atom stereocenters. The minimum absolute atomic E-state index is 0.0168. The first-order chi connectivity index (χ1) is 24.6. The Labute approximate surface area is 293 Å².